The number of nitrogens with zero attached hydrogens (tertiary/aromatic N) is 2. The first-order valence-electron chi connectivity index (χ1n) is 27.4. The Balaban J connectivity index is 0.775. The summed E-state index contributed by atoms with van der Waals surface area (Å²) in [4.78, 5) is 4.81. The van der Waals surface area contributed by atoms with Gasteiger partial charge in [-0.25, -0.2) is 0 Å². The first-order chi connectivity index (χ1) is 38.9. The van der Waals surface area contributed by atoms with Gasteiger partial charge in [0.05, 0.1) is 16.8 Å². The van der Waals surface area contributed by atoms with Crippen LogP contribution in [0.3, 0.4) is 0 Å². The number of rotatable bonds is 8. The molecule has 12 aromatic rings. The number of anilines is 6. The SMILES string of the molecule is CC1(C)c2ccccc2N(c2ccc(-c3ccc(N(c4ccc(-c5ccccc5)cc4)c4ccc(-c5ccccc5)cc4)cc3)cc2)c2ccc(-c3ccc4c(c3)C3(c5ccccc5Oc5ccccc53)c3ccccc3-4)cc21. The molecule has 0 atom stereocenters. The third-order valence-electron chi connectivity index (χ3n) is 17.0. The lowest BCUT2D eigenvalue weighted by Crippen LogP contribution is -2.32. The summed E-state index contributed by atoms with van der Waals surface area (Å²) in [6.45, 7) is 4.76. The summed E-state index contributed by atoms with van der Waals surface area (Å²) < 4.78 is 6.66. The van der Waals surface area contributed by atoms with Crippen molar-refractivity contribution in [2.24, 2.45) is 0 Å². The van der Waals surface area contributed by atoms with Gasteiger partial charge in [0, 0.05) is 39.3 Å². The minimum Gasteiger partial charge on any atom is -0.457 e. The fraction of sp³-hybridized carbons (Fsp3) is 0.0526. The minimum absolute atomic E-state index is 0.269. The molecule has 0 saturated carbocycles. The molecule has 0 bridgehead atoms. The van der Waals surface area contributed by atoms with Crippen LogP contribution in [0.5, 0.6) is 11.5 Å². The van der Waals surface area contributed by atoms with E-state index >= 15 is 0 Å². The van der Waals surface area contributed by atoms with Crippen LogP contribution in [0.15, 0.2) is 291 Å². The molecule has 0 aromatic heterocycles. The van der Waals surface area contributed by atoms with Crippen LogP contribution in [0, 0.1) is 0 Å². The van der Waals surface area contributed by atoms with E-state index in [-0.39, 0.29) is 5.41 Å². The van der Waals surface area contributed by atoms with Gasteiger partial charge in [-0.15, -0.1) is 0 Å². The molecule has 0 unspecified atom stereocenters. The topological polar surface area (TPSA) is 15.7 Å². The van der Waals surface area contributed by atoms with Gasteiger partial charge in [0.1, 0.15) is 11.5 Å². The van der Waals surface area contributed by atoms with Gasteiger partial charge in [0.25, 0.3) is 0 Å². The highest BCUT2D eigenvalue weighted by atomic mass is 16.5. The Bertz CT molecular complexity index is 4150. The van der Waals surface area contributed by atoms with Crippen molar-refractivity contribution < 1.29 is 4.74 Å². The maximum Gasteiger partial charge on any atom is 0.132 e. The Morgan fingerprint density at radius 3 is 1.22 bits per heavy atom. The number of hydrogen-bond acceptors (Lipinski definition) is 3. The summed E-state index contributed by atoms with van der Waals surface area (Å²) in [6.07, 6.45) is 0. The van der Waals surface area contributed by atoms with Gasteiger partial charge in [-0.1, -0.05) is 220 Å². The van der Waals surface area contributed by atoms with Crippen molar-refractivity contribution in [1.29, 1.82) is 0 Å². The molecule has 0 saturated heterocycles. The number of ether oxygens (including phenoxy) is 1. The quantitative estimate of drug-likeness (QED) is 0.151. The van der Waals surface area contributed by atoms with Crippen molar-refractivity contribution in [3.05, 3.63) is 325 Å². The molecule has 1 spiro atoms. The fourth-order valence-electron chi connectivity index (χ4n) is 13.1. The molecule has 1 aliphatic carbocycles. The van der Waals surface area contributed by atoms with E-state index in [0.29, 0.717) is 0 Å². The Kier molecular flexibility index (Phi) is 10.8. The first kappa shape index (κ1) is 46.4. The van der Waals surface area contributed by atoms with E-state index in [1.807, 2.05) is 0 Å². The Morgan fingerprint density at radius 1 is 0.291 bits per heavy atom. The smallest absolute Gasteiger partial charge is 0.132 e. The van der Waals surface area contributed by atoms with Crippen molar-refractivity contribution >= 4 is 34.1 Å². The zero-order chi connectivity index (χ0) is 52.7. The predicted octanol–water partition coefficient (Wildman–Crippen LogP) is 20.4. The Labute approximate surface area is 462 Å². The zero-order valence-corrected chi connectivity index (χ0v) is 44.0. The molecule has 374 valence electrons. The third-order valence-corrected chi connectivity index (χ3v) is 17.0. The highest BCUT2D eigenvalue weighted by Crippen LogP contribution is 2.63. The molecule has 2 aliphatic heterocycles. The van der Waals surface area contributed by atoms with Gasteiger partial charge in [-0.05, 0) is 163 Å². The van der Waals surface area contributed by atoms with Crippen LogP contribution in [-0.2, 0) is 10.8 Å². The number of hydrogen-bond donors (Lipinski definition) is 0. The van der Waals surface area contributed by atoms with Crippen LogP contribution >= 0.6 is 0 Å². The van der Waals surface area contributed by atoms with Crippen molar-refractivity contribution in [3.63, 3.8) is 0 Å². The molecule has 0 radical (unpaired) electrons. The Morgan fingerprint density at radius 2 is 0.671 bits per heavy atom. The number of benzene rings is 12. The maximum atomic E-state index is 6.66. The van der Waals surface area contributed by atoms with Gasteiger partial charge in [0.2, 0.25) is 0 Å². The Hall–Kier alpha value is -9.96. The van der Waals surface area contributed by atoms with Crippen molar-refractivity contribution in [2.45, 2.75) is 24.7 Å². The van der Waals surface area contributed by atoms with E-state index in [0.717, 1.165) is 45.4 Å². The molecule has 0 N–H and O–H groups in total. The fourth-order valence-corrected chi connectivity index (χ4v) is 13.1. The van der Waals surface area contributed by atoms with Crippen LogP contribution in [0.4, 0.5) is 34.1 Å². The van der Waals surface area contributed by atoms with Crippen LogP contribution in [-0.4, -0.2) is 0 Å². The second kappa shape index (κ2) is 18.4. The first-order valence-corrected chi connectivity index (χ1v) is 27.4. The number of para-hydroxylation sites is 3. The predicted molar refractivity (Wildman–Crippen MR) is 327 cm³/mol. The lowest BCUT2D eigenvalue weighted by atomic mass is 9.66. The van der Waals surface area contributed by atoms with E-state index in [4.69, 9.17) is 4.74 Å². The lowest BCUT2D eigenvalue weighted by Gasteiger charge is -2.42. The molecule has 3 aliphatic rings. The van der Waals surface area contributed by atoms with Gasteiger partial charge in [-0.3, -0.25) is 0 Å². The van der Waals surface area contributed by atoms with Gasteiger partial charge in [0.15, 0.2) is 0 Å². The van der Waals surface area contributed by atoms with Crippen LogP contribution in [0.2, 0.25) is 0 Å². The lowest BCUT2D eigenvalue weighted by molar-refractivity contribution is 0.436. The highest BCUT2D eigenvalue weighted by molar-refractivity contribution is 5.92. The summed E-state index contributed by atoms with van der Waals surface area (Å²) in [6, 6.07) is 106. The molecule has 79 heavy (non-hydrogen) atoms. The molecule has 2 heterocycles. The maximum absolute atomic E-state index is 6.66. The number of fused-ring (bicyclic) bond motifs is 11. The van der Waals surface area contributed by atoms with Gasteiger partial charge < -0.3 is 14.5 Å². The molecule has 3 heteroatoms. The second-order valence-corrected chi connectivity index (χ2v) is 21.6. The van der Waals surface area contributed by atoms with Crippen molar-refractivity contribution in [3.8, 4) is 67.1 Å². The summed E-state index contributed by atoms with van der Waals surface area (Å²) >= 11 is 0. The van der Waals surface area contributed by atoms with Crippen molar-refractivity contribution in [1.82, 2.24) is 0 Å². The molecule has 15 rings (SSSR count). The summed E-state index contributed by atoms with van der Waals surface area (Å²) in [7, 11) is 0. The third kappa shape index (κ3) is 7.42. The largest absolute Gasteiger partial charge is 0.457 e. The van der Waals surface area contributed by atoms with Crippen molar-refractivity contribution in [2.75, 3.05) is 9.80 Å². The molecule has 3 nitrogen and oxygen atoms in total. The van der Waals surface area contributed by atoms with E-state index in [1.54, 1.807) is 0 Å². The second-order valence-electron chi connectivity index (χ2n) is 21.6. The summed E-state index contributed by atoms with van der Waals surface area (Å²) in [5, 5.41) is 0. The van der Waals surface area contributed by atoms with E-state index in [2.05, 4.69) is 315 Å². The van der Waals surface area contributed by atoms with E-state index < -0.39 is 5.41 Å². The average Bonchev–Trinajstić information content (AvgIpc) is 3.83. The summed E-state index contributed by atoms with van der Waals surface area (Å²) in [5.74, 6) is 1.81. The molecule has 0 fully saturated rings. The monoisotopic (exact) mass is 1010 g/mol. The molecule has 0 amide bonds. The molecular formula is C76H54N2O. The molecular weight excluding hydrogens is 957 g/mol. The molecule has 12 aromatic carbocycles. The standard InChI is InChI=1S/C76H54N2O/c1-75(2)66-23-11-14-26-71(66)78(72-48-38-58(50-70(72)75)57-37-47-64-63-21-9-10-22-65(63)76(69(64)49-57)67-24-12-15-27-73(67)79-74-28-16-13-25-68(74)76)62-45-35-56(36-46-62)55-33-43-61(44-34-55)77(59-39-29-53(30-40-59)51-17-5-3-6-18-51)60-41-31-54(32-42-60)52-19-7-4-8-20-52/h3-50H,1-2H3. The van der Waals surface area contributed by atoms with Gasteiger partial charge in [-0.2, -0.15) is 0 Å². The average molecular weight is 1010 g/mol. The highest BCUT2D eigenvalue weighted by Gasteiger charge is 2.51. The minimum atomic E-state index is -0.531. The van der Waals surface area contributed by atoms with Crippen LogP contribution in [0.1, 0.15) is 47.2 Å². The summed E-state index contributed by atoms with van der Waals surface area (Å²) in [5.41, 5.74) is 25.5. The van der Waals surface area contributed by atoms with E-state index in [9.17, 15) is 0 Å². The van der Waals surface area contributed by atoms with Gasteiger partial charge >= 0.3 is 0 Å². The zero-order valence-electron chi connectivity index (χ0n) is 44.0. The normalized spacial score (nSPS) is 13.7. The van der Waals surface area contributed by atoms with E-state index in [1.165, 1.54) is 89.3 Å². The van der Waals surface area contributed by atoms with Crippen LogP contribution in [0.25, 0.3) is 55.6 Å². The van der Waals surface area contributed by atoms with Crippen LogP contribution < -0.4 is 14.5 Å².